The lowest BCUT2D eigenvalue weighted by Crippen LogP contribution is -2.37. The summed E-state index contributed by atoms with van der Waals surface area (Å²) < 4.78 is 0. The highest BCUT2D eigenvalue weighted by atomic mass is 35.5. The Labute approximate surface area is 113 Å². The van der Waals surface area contributed by atoms with Crippen LogP contribution in [0.4, 0.5) is 5.69 Å². The molecule has 1 aromatic rings. The Hall–Kier alpha value is -1.59. The van der Waals surface area contributed by atoms with Gasteiger partial charge in [0.1, 0.15) is 0 Å². The molecular formula is C12H18ClN3O2. The molecule has 0 radical (unpaired) electrons. The summed E-state index contributed by atoms with van der Waals surface area (Å²) in [4.78, 5) is 22.0. The molecule has 4 N–H and O–H groups in total. The van der Waals surface area contributed by atoms with Crippen molar-refractivity contribution in [2.75, 3.05) is 5.32 Å². The summed E-state index contributed by atoms with van der Waals surface area (Å²) in [6, 6.07) is 6.75. The molecule has 0 aliphatic heterocycles. The van der Waals surface area contributed by atoms with E-state index in [4.69, 9.17) is 5.73 Å². The van der Waals surface area contributed by atoms with Crippen molar-refractivity contribution in [2.24, 2.45) is 5.73 Å². The molecule has 0 spiro atoms. The van der Waals surface area contributed by atoms with E-state index in [0.717, 1.165) is 11.3 Å². The minimum atomic E-state index is -0.506. The molecule has 0 saturated carbocycles. The van der Waals surface area contributed by atoms with Gasteiger partial charge in [-0.1, -0.05) is 12.1 Å². The SMILES string of the molecule is CC(=O)Nc1ccc(CNC(=O)[C@H](C)N)cc1.Cl. The molecule has 5 nitrogen and oxygen atoms in total. The van der Waals surface area contributed by atoms with Crippen molar-refractivity contribution in [1.82, 2.24) is 5.32 Å². The third-order valence-electron chi connectivity index (χ3n) is 2.15. The summed E-state index contributed by atoms with van der Waals surface area (Å²) in [5.74, 6) is -0.293. The second-order valence-corrected chi connectivity index (χ2v) is 3.88. The highest BCUT2D eigenvalue weighted by Crippen LogP contribution is 2.09. The van der Waals surface area contributed by atoms with E-state index >= 15 is 0 Å². The van der Waals surface area contributed by atoms with Crippen LogP contribution in [0.2, 0.25) is 0 Å². The predicted molar refractivity (Wildman–Crippen MR) is 73.5 cm³/mol. The van der Waals surface area contributed by atoms with Crippen molar-refractivity contribution in [3.8, 4) is 0 Å². The Balaban J connectivity index is 0.00000289. The zero-order valence-electron chi connectivity index (χ0n) is 10.4. The largest absolute Gasteiger partial charge is 0.351 e. The first-order chi connectivity index (χ1) is 7.99. The maximum atomic E-state index is 11.2. The van der Waals surface area contributed by atoms with Crippen LogP contribution in [-0.4, -0.2) is 17.9 Å². The van der Waals surface area contributed by atoms with Crippen LogP contribution in [-0.2, 0) is 16.1 Å². The van der Waals surface area contributed by atoms with Gasteiger partial charge >= 0.3 is 0 Å². The molecule has 0 unspecified atom stereocenters. The quantitative estimate of drug-likeness (QED) is 0.765. The fraction of sp³-hybridized carbons (Fsp3) is 0.333. The van der Waals surface area contributed by atoms with E-state index in [1.165, 1.54) is 6.92 Å². The van der Waals surface area contributed by atoms with Crippen LogP contribution in [0.1, 0.15) is 19.4 Å². The van der Waals surface area contributed by atoms with E-state index in [2.05, 4.69) is 10.6 Å². The Bertz CT molecular complexity index is 404. The van der Waals surface area contributed by atoms with Crippen molar-refractivity contribution in [3.05, 3.63) is 29.8 Å². The molecule has 6 heteroatoms. The molecule has 1 atom stereocenters. The molecule has 1 rings (SSSR count). The van der Waals surface area contributed by atoms with Gasteiger partial charge in [-0.25, -0.2) is 0 Å². The summed E-state index contributed by atoms with van der Waals surface area (Å²) in [6.07, 6.45) is 0. The monoisotopic (exact) mass is 271 g/mol. The lowest BCUT2D eigenvalue weighted by Gasteiger charge is -2.08. The normalized spacial score (nSPS) is 11.1. The van der Waals surface area contributed by atoms with E-state index in [0.29, 0.717) is 6.54 Å². The molecule has 0 fully saturated rings. The number of benzene rings is 1. The van der Waals surface area contributed by atoms with E-state index in [1.54, 1.807) is 19.1 Å². The predicted octanol–water partition coefficient (Wildman–Crippen LogP) is 1.03. The maximum Gasteiger partial charge on any atom is 0.236 e. The van der Waals surface area contributed by atoms with Crippen molar-refractivity contribution in [1.29, 1.82) is 0 Å². The highest BCUT2D eigenvalue weighted by Gasteiger charge is 2.05. The number of anilines is 1. The summed E-state index contributed by atoms with van der Waals surface area (Å²) in [7, 11) is 0. The molecule has 0 saturated heterocycles. The number of hydrogen-bond acceptors (Lipinski definition) is 3. The summed E-state index contributed by atoms with van der Waals surface area (Å²) in [5, 5.41) is 5.38. The Kier molecular flexibility index (Phi) is 7.00. The third kappa shape index (κ3) is 5.65. The average Bonchev–Trinajstić information content (AvgIpc) is 2.26. The number of hydrogen-bond donors (Lipinski definition) is 3. The Morgan fingerprint density at radius 3 is 2.28 bits per heavy atom. The van der Waals surface area contributed by atoms with Crippen LogP contribution in [0.15, 0.2) is 24.3 Å². The fourth-order valence-corrected chi connectivity index (χ4v) is 1.26. The van der Waals surface area contributed by atoms with Crippen LogP contribution < -0.4 is 16.4 Å². The van der Waals surface area contributed by atoms with Crippen LogP contribution in [0.5, 0.6) is 0 Å². The molecule has 0 bridgehead atoms. The Morgan fingerprint density at radius 1 is 1.28 bits per heavy atom. The molecule has 18 heavy (non-hydrogen) atoms. The number of amides is 2. The standard InChI is InChI=1S/C12H17N3O2.ClH/c1-8(13)12(17)14-7-10-3-5-11(6-4-10)15-9(2)16;/h3-6,8H,7,13H2,1-2H3,(H,14,17)(H,15,16);1H/t8-;/m0./s1. The third-order valence-corrected chi connectivity index (χ3v) is 2.15. The second kappa shape index (κ2) is 7.68. The first-order valence-electron chi connectivity index (χ1n) is 5.39. The minimum absolute atomic E-state index is 0. The smallest absolute Gasteiger partial charge is 0.236 e. The highest BCUT2D eigenvalue weighted by molar-refractivity contribution is 5.88. The number of rotatable bonds is 4. The molecule has 0 heterocycles. The first-order valence-corrected chi connectivity index (χ1v) is 5.39. The van der Waals surface area contributed by atoms with Crippen molar-refractivity contribution < 1.29 is 9.59 Å². The first kappa shape index (κ1) is 16.4. The van der Waals surface area contributed by atoms with Gasteiger partial charge in [0, 0.05) is 19.2 Å². The van der Waals surface area contributed by atoms with Gasteiger partial charge in [0.15, 0.2) is 0 Å². The molecule has 0 aliphatic rings. The molecule has 100 valence electrons. The van der Waals surface area contributed by atoms with Gasteiger partial charge in [-0.3, -0.25) is 9.59 Å². The van der Waals surface area contributed by atoms with Gasteiger partial charge in [0.2, 0.25) is 11.8 Å². The van der Waals surface area contributed by atoms with Crippen molar-refractivity contribution in [2.45, 2.75) is 26.4 Å². The van der Waals surface area contributed by atoms with E-state index < -0.39 is 6.04 Å². The minimum Gasteiger partial charge on any atom is -0.351 e. The van der Waals surface area contributed by atoms with E-state index in [1.807, 2.05) is 12.1 Å². The topological polar surface area (TPSA) is 84.2 Å². The van der Waals surface area contributed by atoms with Crippen LogP contribution in [0, 0.1) is 0 Å². The van der Waals surface area contributed by atoms with E-state index in [-0.39, 0.29) is 24.2 Å². The van der Waals surface area contributed by atoms with E-state index in [9.17, 15) is 9.59 Å². The van der Waals surface area contributed by atoms with Gasteiger partial charge in [-0.2, -0.15) is 0 Å². The summed E-state index contributed by atoms with van der Waals surface area (Å²) in [5.41, 5.74) is 7.11. The van der Waals surface area contributed by atoms with Gasteiger partial charge in [-0.15, -0.1) is 12.4 Å². The van der Waals surface area contributed by atoms with Crippen molar-refractivity contribution >= 4 is 29.9 Å². The van der Waals surface area contributed by atoms with Gasteiger partial charge in [0.25, 0.3) is 0 Å². The number of carbonyl (C=O) groups is 2. The van der Waals surface area contributed by atoms with Crippen LogP contribution in [0.25, 0.3) is 0 Å². The average molecular weight is 272 g/mol. The van der Waals surface area contributed by atoms with Crippen molar-refractivity contribution in [3.63, 3.8) is 0 Å². The number of halogens is 1. The second-order valence-electron chi connectivity index (χ2n) is 3.88. The number of nitrogens with one attached hydrogen (secondary N) is 2. The zero-order chi connectivity index (χ0) is 12.8. The van der Waals surface area contributed by atoms with Crippen LogP contribution in [0.3, 0.4) is 0 Å². The number of nitrogens with two attached hydrogens (primary N) is 1. The lowest BCUT2D eigenvalue weighted by molar-refractivity contribution is -0.122. The molecule has 0 aromatic heterocycles. The van der Waals surface area contributed by atoms with Gasteiger partial charge in [0.05, 0.1) is 6.04 Å². The molecule has 1 aromatic carbocycles. The summed E-state index contributed by atoms with van der Waals surface area (Å²) in [6.45, 7) is 3.52. The molecule has 0 aliphatic carbocycles. The zero-order valence-corrected chi connectivity index (χ0v) is 11.2. The fourth-order valence-electron chi connectivity index (χ4n) is 1.26. The molecular weight excluding hydrogens is 254 g/mol. The maximum absolute atomic E-state index is 11.2. The Morgan fingerprint density at radius 2 is 1.83 bits per heavy atom. The van der Waals surface area contributed by atoms with Crippen LogP contribution >= 0.6 is 12.4 Å². The lowest BCUT2D eigenvalue weighted by atomic mass is 10.2. The van der Waals surface area contributed by atoms with Gasteiger partial charge in [-0.05, 0) is 24.6 Å². The summed E-state index contributed by atoms with van der Waals surface area (Å²) >= 11 is 0. The molecule has 2 amide bonds. The number of carbonyl (C=O) groups excluding carboxylic acids is 2. The van der Waals surface area contributed by atoms with Gasteiger partial charge < -0.3 is 16.4 Å².